The molecule has 0 spiro atoms. The first-order valence-corrected chi connectivity index (χ1v) is 10.3. The van der Waals surface area contributed by atoms with Crippen LogP contribution in [0, 0.1) is 5.82 Å². The minimum absolute atomic E-state index is 0. The topological polar surface area (TPSA) is 73.8 Å². The Hall–Kier alpha value is -0.860. The van der Waals surface area contributed by atoms with Crippen LogP contribution >= 0.6 is 35.6 Å². The largest absolute Gasteiger partial charge is 0.511 e. The highest BCUT2D eigenvalue weighted by Gasteiger charge is 2.50. The van der Waals surface area contributed by atoms with E-state index >= 15 is 0 Å². The van der Waals surface area contributed by atoms with E-state index in [1.165, 1.54) is 12.1 Å². The summed E-state index contributed by atoms with van der Waals surface area (Å²) < 4.78 is 74.2. The lowest BCUT2D eigenvalue weighted by atomic mass is 10.1. The SMILES string of the molecule is CN=C(NCCc1ccc(F)cc1Cl)NC1CCN(S(=O)(=O)C(F)(F)F)CC1.I. The lowest BCUT2D eigenvalue weighted by Gasteiger charge is -2.32. The summed E-state index contributed by atoms with van der Waals surface area (Å²) in [5.74, 6) is 0.0217. The Morgan fingerprint density at radius 3 is 2.45 bits per heavy atom. The molecule has 1 aliphatic rings. The second kappa shape index (κ2) is 11.0. The third-order valence-corrected chi connectivity index (χ3v) is 6.33. The van der Waals surface area contributed by atoms with Crippen molar-refractivity contribution in [3.63, 3.8) is 0 Å². The minimum atomic E-state index is -5.29. The zero-order valence-electron chi connectivity index (χ0n) is 15.5. The Morgan fingerprint density at radius 1 is 1.31 bits per heavy atom. The highest BCUT2D eigenvalue weighted by molar-refractivity contribution is 14.0. The van der Waals surface area contributed by atoms with E-state index < -0.39 is 21.3 Å². The molecule has 166 valence electrons. The van der Waals surface area contributed by atoms with Gasteiger partial charge in [0.25, 0.3) is 0 Å². The number of sulfonamides is 1. The zero-order chi connectivity index (χ0) is 20.9. The summed E-state index contributed by atoms with van der Waals surface area (Å²) in [7, 11) is -3.74. The second-order valence-corrected chi connectivity index (χ2v) is 8.59. The van der Waals surface area contributed by atoms with Crippen molar-refractivity contribution in [2.45, 2.75) is 30.8 Å². The molecule has 1 saturated heterocycles. The molecular weight excluding hydrogens is 551 g/mol. The van der Waals surface area contributed by atoms with Crippen LogP contribution in [0.4, 0.5) is 17.6 Å². The van der Waals surface area contributed by atoms with E-state index in [1.54, 1.807) is 13.1 Å². The fourth-order valence-corrected chi connectivity index (χ4v) is 4.06. The lowest BCUT2D eigenvalue weighted by Crippen LogP contribution is -2.51. The van der Waals surface area contributed by atoms with Crippen molar-refractivity contribution in [2.75, 3.05) is 26.7 Å². The number of alkyl halides is 3. The van der Waals surface area contributed by atoms with Gasteiger partial charge in [-0.05, 0) is 37.0 Å². The van der Waals surface area contributed by atoms with Crippen LogP contribution < -0.4 is 10.6 Å². The molecule has 1 aromatic carbocycles. The molecule has 29 heavy (non-hydrogen) atoms. The smallest absolute Gasteiger partial charge is 0.356 e. The van der Waals surface area contributed by atoms with Crippen molar-refractivity contribution in [3.8, 4) is 0 Å². The quantitative estimate of drug-likeness (QED) is 0.246. The van der Waals surface area contributed by atoms with E-state index in [9.17, 15) is 26.0 Å². The first kappa shape index (κ1) is 26.2. The van der Waals surface area contributed by atoms with E-state index in [4.69, 9.17) is 11.6 Å². The third-order valence-electron chi connectivity index (χ3n) is 4.35. The Kier molecular flexibility index (Phi) is 9.89. The molecule has 2 rings (SSSR count). The van der Waals surface area contributed by atoms with Gasteiger partial charge in [-0.1, -0.05) is 17.7 Å². The maximum Gasteiger partial charge on any atom is 0.511 e. The second-order valence-electron chi connectivity index (χ2n) is 6.25. The molecule has 6 nitrogen and oxygen atoms in total. The minimum Gasteiger partial charge on any atom is -0.356 e. The van der Waals surface area contributed by atoms with Crippen LogP contribution in [-0.4, -0.2) is 56.9 Å². The molecule has 0 bridgehead atoms. The molecule has 13 heteroatoms. The molecule has 2 N–H and O–H groups in total. The van der Waals surface area contributed by atoms with Crippen molar-refractivity contribution in [1.29, 1.82) is 0 Å². The summed E-state index contributed by atoms with van der Waals surface area (Å²) in [6.45, 7) is 0.00963. The predicted octanol–water partition coefficient (Wildman–Crippen LogP) is 3.12. The normalized spacial score (nSPS) is 17.0. The van der Waals surface area contributed by atoms with Gasteiger partial charge < -0.3 is 10.6 Å². The average molecular weight is 573 g/mol. The summed E-state index contributed by atoms with van der Waals surface area (Å²) >= 11 is 5.97. The maximum atomic E-state index is 13.0. The van der Waals surface area contributed by atoms with Gasteiger partial charge in [-0.3, -0.25) is 4.99 Å². The van der Waals surface area contributed by atoms with E-state index in [0.717, 1.165) is 5.56 Å². The number of piperidine rings is 1. The molecule has 0 unspecified atom stereocenters. The van der Waals surface area contributed by atoms with Crippen molar-refractivity contribution < 1.29 is 26.0 Å². The van der Waals surface area contributed by atoms with Crippen LogP contribution in [0.1, 0.15) is 18.4 Å². The number of rotatable bonds is 5. The Bertz CT molecular complexity index is 816. The monoisotopic (exact) mass is 572 g/mol. The fourth-order valence-electron chi connectivity index (χ4n) is 2.81. The van der Waals surface area contributed by atoms with Crippen LogP contribution in [0.15, 0.2) is 23.2 Å². The van der Waals surface area contributed by atoms with Gasteiger partial charge in [0.05, 0.1) is 0 Å². The summed E-state index contributed by atoms with van der Waals surface area (Å²) in [5.41, 5.74) is -4.52. The predicted molar refractivity (Wildman–Crippen MR) is 115 cm³/mol. The number of hydrogen-bond donors (Lipinski definition) is 2. The molecule has 0 amide bonds. The van der Waals surface area contributed by atoms with Crippen LogP contribution in [0.2, 0.25) is 5.02 Å². The number of benzene rings is 1. The Balaban J connectivity index is 0.00000420. The van der Waals surface area contributed by atoms with Gasteiger partial charge in [-0.15, -0.1) is 24.0 Å². The molecule has 1 aliphatic heterocycles. The first-order chi connectivity index (χ1) is 13.0. The van der Waals surface area contributed by atoms with Crippen molar-refractivity contribution >= 4 is 51.6 Å². The number of halogens is 6. The fraction of sp³-hybridized carbons (Fsp3) is 0.562. The summed E-state index contributed by atoms with van der Waals surface area (Å²) in [6, 6.07) is 3.93. The summed E-state index contributed by atoms with van der Waals surface area (Å²) in [6.07, 6.45) is 0.960. The molecule has 0 saturated carbocycles. The number of hydrogen-bond acceptors (Lipinski definition) is 3. The molecule has 1 fully saturated rings. The average Bonchev–Trinajstić information content (AvgIpc) is 2.62. The number of nitrogens with one attached hydrogen (secondary N) is 2. The summed E-state index contributed by atoms with van der Waals surface area (Å²) in [5, 5.41) is 6.44. The van der Waals surface area contributed by atoms with Crippen molar-refractivity contribution in [3.05, 3.63) is 34.6 Å². The number of guanidine groups is 1. The Labute approximate surface area is 189 Å². The molecule has 0 radical (unpaired) electrons. The lowest BCUT2D eigenvalue weighted by molar-refractivity contribution is -0.0494. The van der Waals surface area contributed by atoms with Crippen molar-refractivity contribution in [1.82, 2.24) is 14.9 Å². The number of aliphatic imine (C=N–C) groups is 1. The van der Waals surface area contributed by atoms with E-state index in [1.807, 2.05) is 0 Å². The molecular formula is C16H22ClF4IN4O2S. The van der Waals surface area contributed by atoms with Gasteiger partial charge in [-0.2, -0.15) is 17.5 Å². The van der Waals surface area contributed by atoms with Gasteiger partial charge in [-0.25, -0.2) is 12.8 Å². The van der Waals surface area contributed by atoms with Gasteiger partial charge in [0.2, 0.25) is 0 Å². The molecule has 1 aromatic rings. The first-order valence-electron chi connectivity index (χ1n) is 8.52. The number of nitrogens with zero attached hydrogens (tertiary/aromatic N) is 2. The van der Waals surface area contributed by atoms with Crippen molar-refractivity contribution in [2.24, 2.45) is 4.99 Å². The highest BCUT2D eigenvalue weighted by atomic mass is 127. The maximum absolute atomic E-state index is 13.0. The van der Waals surface area contributed by atoms with E-state index in [-0.39, 0.29) is 55.9 Å². The molecule has 1 heterocycles. The third kappa shape index (κ3) is 7.10. The van der Waals surface area contributed by atoms with Crippen LogP contribution in [-0.2, 0) is 16.4 Å². The Morgan fingerprint density at radius 2 is 1.93 bits per heavy atom. The van der Waals surface area contributed by atoms with Crippen LogP contribution in [0.25, 0.3) is 0 Å². The molecule has 0 aromatic heterocycles. The van der Waals surface area contributed by atoms with Gasteiger partial charge in [0.15, 0.2) is 5.96 Å². The summed E-state index contributed by atoms with van der Waals surface area (Å²) in [4.78, 5) is 4.05. The van der Waals surface area contributed by atoms with Crippen LogP contribution in [0.3, 0.4) is 0 Å². The van der Waals surface area contributed by atoms with E-state index in [0.29, 0.717) is 28.3 Å². The van der Waals surface area contributed by atoms with Gasteiger partial charge in [0, 0.05) is 37.7 Å². The molecule has 0 aliphatic carbocycles. The van der Waals surface area contributed by atoms with Crippen LogP contribution in [0.5, 0.6) is 0 Å². The van der Waals surface area contributed by atoms with Gasteiger partial charge >= 0.3 is 15.5 Å². The van der Waals surface area contributed by atoms with Gasteiger partial charge in [0.1, 0.15) is 5.82 Å². The standard InChI is InChI=1S/C16H21ClF4N4O2S.HI/c1-22-15(23-7-4-11-2-3-12(18)10-14(11)17)24-13-5-8-25(9-6-13)28(26,27)16(19,20)21;/h2-3,10,13H,4-9H2,1H3,(H2,22,23,24);1H. The highest BCUT2D eigenvalue weighted by Crippen LogP contribution is 2.28. The van der Waals surface area contributed by atoms with E-state index in [2.05, 4.69) is 15.6 Å². The zero-order valence-corrected chi connectivity index (χ0v) is 19.4. The molecule has 0 atom stereocenters.